The molecule has 0 bridgehead atoms. The molecule has 8 heavy (non-hydrogen) atoms. The fourth-order valence-electron chi connectivity index (χ4n) is 0.365. The molecule has 0 amide bonds. The molecule has 0 rings (SSSR count). The van der Waals surface area contributed by atoms with E-state index < -0.39 is 0 Å². The Labute approximate surface area is 50.8 Å². The van der Waals surface area contributed by atoms with E-state index in [1.165, 1.54) is 0 Å². The van der Waals surface area contributed by atoms with Crippen LogP contribution in [0, 0.1) is 5.92 Å². The molecule has 0 aromatic carbocycles. The lowest BCUT2D eigenvalue weighted by atomic mass is 10.2. The zero-order valence-electron chi connectivity index (χ0n) is 5.81. The fourth-order valence-corrected chi connectivity index (χ4v) is 0.365. The molecule has 48 valence electrons. The first-order valence-electron chi connectivity index (χ1n) is 2.98. The predicted molar refractivity (Wildman–Crippen MR) is 37.0 cm³/mol. The number of rotatable bonds is 2. The van der Waals surface area contributed by atoms with Crippen LogP contribution in [0.25, 0.3) is 0 Å². The van der Waals surface area contributed by atoms with Gasteiger partial charge in [0.15, 0.2) is 0 Å². The predicted octanol–water partition coefficient (Wildman–Crippen LogP) is 1.02. The maximum Gasteiger partial charge on any atom is 0.0962 e. The lowest BCUT2D eigenvalue weighted by Crippen LogP contribution is -2.18. The first kappa shape index (κ1) is 7.47. The van der Waals surface area contributed by atoms with Gasteiger partial charge < -0.3 is 5.73 Å². The highest BCUT2D eigenvalue weighted by molar-refractivity contribution is 5.82. The number of hydrogen-bond acceptors (Lipinski definition) is 1. The molecule has 2 heteroatoms. The summed E-state index contributed by atoms with van der Waals surface area (Å²) < 4.78 is 0. The molecule has 0 atom stereocenters. The van der Waals surface area contributed by atoms with Crippen LogP contribution >= 0.6 is 0 Å². The summed E-state index contributed by atoms with van der Waals surface area (Å²) in [4.78, 5) is 4.02. The molecule has 0 aliphatic heterocycles. The van der Waals surface area contributed by atoms with E-state index in [1.807, 2.05) is 20.8 Å². The summed E-state index contributed by atoms with van der Waals surface area (Å²) in [5.74, 6) is 1.16. The normalized spacial score (nSPS) is 12.8. The number of amidine groups is 1. The van der Waals surface area contributed by atoms with E-state index in [0.29, 0.717) is 5.92 Å². The van der Waals surface area contributed by atoms with Gasteiger partial charge in [0.2, 0.25) is 0 Å². The van der Waals surface area contributed by atoms with Gasteiger partial charge in [-0.05, 0) is 6.92 Å². The average molecular weight is 114 g/mol. The van der Waals surface area contributed by atoms with Gasteiger partial charge in [-0.3, -0.25) is 4.99 Å². The fraction of sp³-hybridized carbons (Fsp3) is 0.833. The van der Waals surface area contributed by atoms with Crippen molar-refractivity contribution in [1.82, 2.24) is 0 Å². The Balaban J connectivity index is 3.61. The minimum absolute atomic E-state index is 0.398. The van der Waals surface area contributed by atoms with Crippen molar-refractivity contribution in [3.05, 3.63) is 0 Å². The molecule has 0 radical (unpaired) electrons. The number of nitrogens with zero attached hydrogens (tertiary/aromatic N) is 1. The highest BCUT2D eigenvalue weighted by atomic mass is 14.8. The molecule has 0 unspecified atom stereocenters. The number of nitrogens with two attached hydrogens (primary N) is 1. The minimum atomic E-state index is 0.398. The quantitative estimate of drug-likeness (QED) is 0.422. The van der Waals surface area contributed by atoms with Crippen molar-refractivity contribution >= 4 is 5.84 Å². The van der Waals surface area contributed by atoms with E-state index in [4.69, 9.17) is 5.73 Å². The molecule has 0 fully saturated rings. The highest BCUT2D eigenvalue weighted by Gasteiger charge is 1.94. The summed E-state index contributed by atoms with van der Waals surface area (Å²) in [6, 6.07) is 0. The summed E-state index contributed by atoms with van der Waals surface area (Å²) in [6.07, 6.45) is 0. The van der Waals surface area contributed by atoms with Gasteiger partial charge in [0.05, 0.1) is 5.84 Å². The molecule has 0 aliphatic carbocycles. The van der Waals surface area contributed by atoms with Crippen LogP contribution in [-0.2, 0) is 0 Å². The molecule has 2 N–H and O–H groups in total. The van der Waals surface area contributed by atoms with Crippen LogP contribution in [0.15, 0.2) is 4.99 Å². The molecular formula is C6H14N2. The van der Waals surface area contributed by atoms with Gasteiger partial charge in [0.1, 0.15) is 0 Å². The van der Waals surface area contributed by atoms with Gasteiger partial charge >= 0.3 is 0 Å². The van der Waals surface area contributed by atoms with Crippen LogP contribution in [-0.4, -0.2) is 12.4 Å². The lowest BCUT2D eigenvalue weighted by molar-refractivity contribution is 0.860. The van der Waals surface area contributed by atoms with E-state index in [-0.39, 0.29) is 0 Å². The summed E-state index contributed by atoms with van der Waals surface area (Å²) in [5, 5.41) is 0. The SMILES string of the molecule is CC/N=C(\N)C(C)C. The first-order chi connectivity index (χ1) is 3.68. The van der Waals surface area contributed by atoms with Gasteiger partial charge in [-0.1, -0.05) is 13.8 Å². The van der Waals surface area contributed by atoms with E-state index in [0.717, 1.165) is 12.4 Å². The third kappa shape index (κ3) is 2.61. The Bertz CT molecular complexity index is 84.5. The van der Waals surface area contributed by atoms with Crippen LogP contribution in [0.3, 0.4) is 0 Å². The van der Waals surface area contributed by atoms with E-state index in [1.54, 1.807) is 0 Å². The zero-order valence-corrected chi connectivity index (χ0v) is 5.81. The van der Waals surface area contributed by atoms with Crippen molar-refractivity contribution in [3.8, 4) is 0 Å². The second-order valence-electron chi connectivity index (χ2n) is 2.05. The van der Waals surface area contributed by atoms with Crippen molar-refractivity contribution in [3.63, 3.8) is 0 Å². The van der Waals surface area contributed by atoms with Crippen LogP contribution in [0.4, 0.5) is 0 Å². The van der Waals surface area contributed by atoms with Crippen LogP contribution in [0.1, 0.15) is 20.8 Å². The summed E-state index contributed by atoms with van der Waals surface area (Å²) in [5.41, 5.74) is 5.48. The molecule has 0 spiro atoms. The zero-order chi connectivity index (χ0) is 6.57. The van der Waals surface area contributed by atoms with Crippen LogP contribution < -0.4 is 5.73 Å². The topological polar surface area (TPSA) is 38.4 Å². The second kappa shape index (κ2) is 3.47. The highest BCUT2D eigenvalue weighted by Crippen LogP contribution is 1.89. The van der Waals surface area contributed by atoms with E-state index in [9.17, 15) is 0 Å². The van der Waals surface area contributed by atoms with Crippen molar-refractivity contribution in [2.24, 2.45) is 16.6 Å². The van der Waals surface area contributed by atoms with E-state index >= 15 is 0 Å². The molecular weight excluding hydrogens is 100 g/mol. The monoisotopic (exact) mass is 114 g/mol. The molecule has 2 nitrogen and oxygen atoms in total. The van der Waals surface area contributed by atoms with Crippen molar-refractivity contribution < 1.29 is 0 Å². The third-order valence-corrected chi connectivity index (χ3v) is 0.932. The second-order valence-corrected chi connectivity index (χ2v) is 2.05. The Morgan fingerprint density at radius 2 is 2.12 bits per heavy atom. The molecule has 0 saturated carbocycles. The first-order valence-corrected chi connectivity index (χ1v) is 2.98. The third-order valence-electron chi connectivity index (χ3n) is 0.932. The number of hydrogen-bond donors (Lipinski definition) is 1. The summed E-state index contributed by atoms with van der Waals surface area (Å²) in [7, 11) is 0. The lowest BCUT2D eigenvalue weighted by Gasteiger charge is -2.00. The maximum atomic E-state index is 5.48. The molecule has 0 aromatic rings. The van der Waals surface area contributed by atoms with Gasteiger partial charge in [0.25, 0.3) is 0 Å². The number of aliphatic imine (C=N–C) groups is 1. The smallest absolute Gasteiger partial charge is 0.0962 e. The molecule has 0 heterocycles. The largest absolute Gasteiger partial charge is 0.387 e. The standard InChI is InChI=1S/C6H14N2/c1-4-8-6(7)5(2)3/h5H,4H2,1-3H3,(H2,7,8). The van der Waals surface area contributed by atoms with E-state index in [2.05, 4.69) is 4.99 Å². The molecule has 0 saturated heterocycles. The van der Waals surface area contributed by atoms with Crippen LogP contribution in [0.5, 0.6) is 0 Å². The average Bonchev–Trinajstić information content (AvgIpc) is 1.67. The van der Waals surface area contributed by atoms with Crippen LogP contribution in [0.2, 0.25) is 0 Å². The van der Waals surface area contributed by atoms with Crippen molar-refractivity contribution in [1.29, 1.82) is 0 Å². The van der Waals surface area contributed by atoms with Crippen molar-refractivity contribution in [2.75, 3.05) is 6.54 Å². The van der Waals surface area contributed by atoms with Gasteiger partial charge in [0, 0.05) is 12.5 Å². The maximum absolute atomic E-state index is 5.48. The molecule has 0 aromatic heterocycles. The Morgan fingerprint density at radius 3 is 2.25 bits per heavy atom. The summed E-state index contributed by atoms with van der Waals surface area (Å²) >= 11 is 0. The van der Waals surface area contributed by atoms with Gasteiger partial charge in [-0.2, -0.15) is 0 Å². The Hall–Kier alpha value is -0.530. The molecule has 0 aliphatic rings. The Morgan fingerprint density at radius 1 is 1.62 bits per heavy atom. The van der Waals surface area contributed by atoms with Crippen molar-refractivity contribution in [2.45, 2.75) is 20.8 Å². The van der Waals surface area contributed by atoms with Gasteiger partial charge in [-0.15, -0.1) is 0 Å². The minimum Gasteiger partial charge on any atom is -0.387 e. The Kier molecular flexibility index (Phi) is 3.24. The summed E-state index contributed by atoms with van der Waals surface area (Å²) in [6.45, 7) is 6.85. The van der Waals surface area contributed by atoms with Gasteiger partial charge in [-0.25, -0.2) is 0 Å².